The maximum Gasteiger partial charge on any atom is 0.161 e. The first-order valence-electron chi connectivity index (χ1n) is 5.84. The first-order valence-corrected chi connectivity index (χ1v) is 6.72. The van der Waals surface area contributed by atoms with Gasteiger partial charge in [0.05, 0.1) is 5.39 Å². The molecule has 0 saturated carbocycles. The molecule has 1 N–H and O–H groups in total. The first kappa shape index (κ1) is 12.3. The van der Waals surface area contributed by atoms with Crippen LogP contribution >= 0.6 is 11.3 Å². The SMILES string of the molecule is CCOC(CC)c1nc(NC)c2ccsc2n1. The van der Waals surface area contributed by atoms with Gasteiger partial charge in [-0.15, -0.1) is 11.3 Å². The van der Waals surface area contributed by atoms with Crippen LogP contribution in [0, 0.1) is 0 Å². The monoisotopic (exact) mass is 251 g/mol. The highest BCUT2D eigenvalue weighted by Gasteiger charge is 2.15. The van der Waals surface area contributed by atoms with Crippen LogP contribution in [0.4, 0.5) is 5.82 Å². The largest absolute Gasteiger partial charge is 0.372 e. The van der Waals surface area contributed by atoms with Gasteiger partial charge in [0.1, 0.15) is 16.8 Å². The van der Waals surface area contributed by atoms with Gasteiger partial charge in [0, 0.05) is 13.7 Å². The van der Waals surface area contributed by atoms with Gasteiger partial charge in [-0.2, -0.15) is 0 Å². The van der Waals surface area contributed by atoms with E-state index in [0.717, 1.165) is 28.3 Å². The van der Waals surface area contributed by atoms with Crippen molar-refractivity contribution < 1.29 is 4.74 Å². The van der Waals surface area contributed by atoms with Crippen molar-refractivity contribution in [3.05, 3.63) is 17.3 Å². The van der Waals surface area contributed by atoms with Crippen LogP contribution in [0.1, 0.15) is 32.2 Å². The fourth-order valence-corrected chi connectivity index (χ4v) is 2.55. The van der Waals surface area contributed by atoms with Gasteiger partial charge in [0.15, 0.2) is 5.82 Å². The second-order valence-corrected chi connectivity index (χ2v) is 4.57. The van der Waals surface area contributed by atoms with E-state index >= 15 is 0 Å². The van der Waals surface area contributed by atoms with Crippen molar-refractivity contribution in [3.8, 4) is 0 Å². The van der Waals surface area contributed by atoms with Gasteiger partial charge >= 0.3 is 0 Å². The van der Waals surface area contributed by atoms with Gasteiger partial charge in [-0.25, -0.2) is 9.97 Å². The molecule has 0 aliphatic heterocycles. The number of ether oxygens (including phenoxy) is 1. The van der Waals surface area contributed by atoms with E-state index in [9.17, 15) is 0 Å². The highest BCUT2D eigenvalue weighted by molar-refractivity contribution is 7.16. The number of anilines is 1. The molecule has 2 aromatic rings. The van der Waals surface area contributed by atoms with E-state index in [4.69, 9.17) is 4.74 Å². The Balaban J connectivity index is 2.46. The summed E-state index contributed by atoms with van der Waals surface area (Å²) in [5, 5.41) is 6.23. The van der Waals surface area contributed by atoms with Crippen LogP contribution in [-0.2, 0) is 4.74 Å². The predicted octanol–water partition coefficient (Wildman–Crippen LogP) is 3.22. The molecular weight excluding hydrogens is 234 g/mol. The number of hydrogen-bond donors (Lipinski definition) is 1. The van der Waals surface area contributed by atoms with Crippen LogP contribution < -0.4 is 5.32 Å². The summed E-state index contributed by atoms with van der Waals surface area (Å²) in [5.74, 6) is 1.65. The molecule has 17 heavy (non-hydrogen) atoms. The Morgan fingerprint density at radius 1 is 1.41 bits per heavy atom. The molecule has 5 heteroatoms. The van der Waals surface area contributed by atoms with Crippen molar-refractivity contribution in [1.29, 1.82) is 0 Å². The van der Waals surface area contributed by atoms with Crippen LogP contribution in [0.15, 0.2) is 11.4 Å². The summed E-state index contributed by atoms with van der Waals surface area (Å²) in [6, 6.07) is 2.04. The van der Waals surface area contributed by atoms with Gasteiger partial charge in [0.25, 0.3) is 0 Å². The van der Waals surface area contributed by atoms with Crippen molar-refractivity contribution in [2.75, 3.05) is 19.0 Å². The normalized spacial score (nSPS) is 12.9. The molecule has 0 amide bonds. The minimum Gasteiger partial charge on any atom is -0.372 e. The number of rotatable bonds is 5. The van der Waals surface area contributed by atoms with E-state index in [-0.39, 0.29) is 6.10 Å². The molecule has 2 heterocycles. The lowest BCUT2D eigenvalue weighted by Gasteiger charge is -2.14. The minimum absolute atomic E-state index is 0.0152. The molecule has 4 nitrogen and oxygen atoms in total. The highest BCUT2D eigenvalue weighted by atomic mass is 32.1. The maximum absolute atomic E-state index is 5.65. The first-order chi connectivity index (χ1) is 8.30. The molecule has 0 aliphatic carbocycles. The van der Waals surface area contributed by atoms with Gasteiger partial charge in [-0.3, -0.25) is 0 Å². The summed E-state index contributed by atoms with van der Waals surface area (Å²) in [7, 11) is 1.88. The molecule has 0 fully saturated rings. The second-order valence-electron chi connectivity index (χ2n) is 3.67. The second kappa shape index (κ2) is 5.42. The van der Waals surface area contributed by atoms with Crippen LogP contribution in [0.5, 0.6) is 0 Å². The van der Waals surface area contributed by atoms with Gasteiger partial charge in [-0.05, 0) is 24.8 Å². The van der Waals surface area contributed by atoms with E-state index in [0.29, 0.717) is 6.61 Å². The standard InChI is InChI=1S/C12H17N3OS/c1-4-9(16-5-2)11-14-10(13-3)8-6-7-17-12(8)15-11/h6-7,9H,4-5H2,1-3H3,(H,13,14,15). The fraction of sp³-hybridized carbons (Fsp3) is 0.500. The molecule has 2 aromatic heterocycles. The van der Waals surface area contributed by atoms with Crippen molar-refractivity contribution >= 4 is 27.4 Å². The molecule has 1 unspecified atom stereocenters. The Bertz CT molecular complexity index is 497. The van der Waals surface area contributed by atoms with Crippen LogP contribution in [0.25, 0.3) is 10.2 Å². The van der Waals surface area contributed by atoms with E-state index in [1.54, 1.807) is 11.3 Å². The van der Waals surface area contributed by atoms with Crippen molar-refractivity contribution in [3.63, 3.8) is 0 Å². The summed E-state index contributed by atoms with van der Waals surface area (Å²) in [5.41, 5.74) is 0. The molecule has 0 bridgehead atoms. The topological polar surface area (TPSA) is 47.0 Å². The Hall–Kier alpha value is -1.20. The lowest BCUT2D eigenvalue weighted by atomic mass is 10.2. The van der Waals surface area contributed by atoms with E-state index in [1.807, 2.05) is 25.4 Å². The fourth-order valence-electron chi connectivity index (χ4n) is 1.78. The molecule has 0 spiro atoms. The molecule has 0 saturated heterocycles. The van der Waals surface area contributed by atoms with E-state index in [1.165, 1.54) is 0 Å². The average molecular weight is 251 g/mol. The van der Waals surface area contributed by atoms with Crippen molar-refractivity contribution in [1.82, 2.24) is 9.97 Å². The maximum atomic E-state index is 5.65. The third-order valence-corrected chi connectivity index (χ3v) is 3.41. The Kier molecular flexibility index (Phi) is 3.91. The molecule has 0 aromatic carbocycles. The summed E-state index contributed by atoms with van der Waals surface area (Å²) in [6.07, 6.45) is 0.868. The van der Waals surface area contributed by atoms with Gasteiger partial charge in [0.2, 0.25) is 0 Å². The third-order valence-electron chi connectivity index (χ3n) is 2.61. The van der Waals surface area contributed by atoms with Gasteiger partial charge in [-0.1, -0.05) is 6.92 Å². The van der Waals surface area contributed by atoms with Crippen LogP contribution in [0.2, 0.25) is 0 Å². The minimum atomic E-state index is -0.0152. The van der Waals surface area contributed by atoms with Gasteiger partial charge < -0.3 is 10.1 Å². The molecule has 92 valence electrons. The molecule has 1 atom stereocenters. The zero-order valence-corrected chi connectivity index (χ0v) is 11.2. The number of thiophene rings is 1. The summed E-state index contributed by atoms with van der Waals surface area (Å²) in [4.78, 5) is 10.1. The average Bonchev–Trinajstić information content (AvgIpc) is 2.82. The molecular formula is C12H17N3OS. The number of nitrogens with one attached hydrogen (secondary N) is 1. The summed E-state index contributed by atoms with van der Waals surface area (Å²) in [6.45, 7) is 4.76. The lowest BCUT2D eigenvalue weighted by Crippen LogP contribution is -2.09. The van der Waals surface area contributed by atoms with Crippen LogP contribution in [0.3, 0.4) is 0 Å². The highest BCUT2D eigenvalue weighted by Crippen LogP contribution is 2.28. The molecule has 0 radical (unpaired) electrons. The Labute approximate surface area is 105 Å². The predicted molar refractivity (Wildman–Crippen MR) is 71.6 cm³/mol. The summed E-state index contributed by atoms with van der Waals surface area (Å²) < 4.78 is 5.65. The Morgan fingerprint density at radius 2 is 2.24 bits per heavy atom. The zero-order valence-electron chi connectivity index (χ0n) is 10.4. The van der Waals surface area contributed by atoms with Crippen molar-refractivity contribution in [2.24, 2.45) is 0 Å². The van der Waals surface area contributed by atoms with E-state index in [2.05, 4.69) is 22.2 Å². The number of nitrogens with zero attached hydrogens (tertiary/aromatic N) is 2. The quantitative estimate of drug-likeness (QED) is 0.886. The number of hydrogen-bond acceptors (Lipinski definition) is 5. The zero-order chi connectivity index (χ0) is 12.3. The lowest BCUT2D eigenvalue weighted by molar-refractivity contribution is 0.0539. The van der Waals surface area contributed by atoms with Crippen LogP contribution in [-0.4, -0.2) is 23.6 Å². The van der Waals surface area contributed by atoms with E-state index < -0.39 is 0 Å². The molecule has 0 aliphatic rings. The molecule has 2 rings (SSSR count). The number of fused-ring (bicyclic) bond motifs is 1. The number of aromatic nitrogens is 2. The third kappa shape index (κ3) is 2.40. The van der Waals surface area contributed by atoms with Crippen molar-refractivity contribution in [2.45, 2.75) is 26.4 Å². The Morgan fingerprint density at radius 3 is 2.88 bits per heavy atom. The smallest absolute Gasteiger partial charge is 0.161 e. The summed E-state index contributed by atoms with van der Waals surface area (Å²) >= 11 is 1.63.